The van der Waals surface area contributed by atoms with Gasteiger partial charge in [-0.15, -0.1) is 0 Å². The van der Waals surface area contributed by atoms with E-state index in [0.717, 1.165) is 28.8 Å². The van der Waals surface area contributed by atoms with Crippen molar-refractivity contribution in [3.63, 3.8) is 0 Å². The molecule has 0 saturated heterocycles. The van der Waals surface area contributed by atoms with Gasteiger partial charge in [0.2, 0.25) is 5.91 Å². The monoisotopic (exact) mass is 408 g/mol. The van der Waals surface area contributed by atoms with Crippen LogP contribution in [0.4, 0.5) is 11.5 Å². The molecule has 0 radical (unpaired) electrons. The SMILES string of the molecule is CCc1nn2c(c1-c1ccc(C)cc1)NC(=O)C2CC(=O)Nc1ccccc1Cl. The van der Waals surface area contributed by atoms with Crippen molar-refractivity contribution in [3.05, 3.63) is 64.8 Å². The first-order valence-electron chi connectivity index (χ1n) is 9.51. The number of hydrogen-bond donors (Lipinski definition) is 2. The van der Waals surface area contributed by atoms with Crippen molar-refractivity contribution in [3.8, 4) is 11.1 Å². The van der Waals surface area contributed by atoms with Gasteiger partial charge >= 0.3 is 0 Å². The van der Waals surface area contributed by atoms with Gasteiger partial charge in [-0.25, -0.2) is 4.68 Å². The molecule has 0 bridgehead atoms. The summed E-state index contributed by atoms with van der Waals surface area (Å²) in [6, 6.07) is 14.4. The number of anilines is 2. The van der Waals surface area contributed by atoms with E-state index < -0.39 is 6.04 Å². The molecular formula is C22H21ClN4O2. The second-order valence-corrected chi connectivity index (χ2v) is 7.48. The predicted molar refractivity (Wildman–Crippen MR) is 114 cm³/mol. The Hall–Kier alpha value is -3.12. The molecule has 2 N–H and O–H groups in total. The molecule has 1 unspecified atom stereocenters. The highest BCUT2D eigenvalue weighted by Crippen LogP contribution is 2.39. The summed E-state index contributed by atoms with van der Waals surface area (Å²) in [5.74, 6) is 0.112. The normalized spacial score (nSPS) is 15.1. The van der Waals surface area contributed by atoms with Gasteiger partial charge in [0.1, 0.15) is 11.9 Å². The number of fused-ring (bicyclic) bond motifs is 1. The topological polar surface area (TPSA) is 76.0 Å². The molecule has 4 rings (SSSR count). The van der Waals surface area contributed by atoms with Crippen molar-refractivity contribution in [1.82, 2.24) is 9.78 Å². The largest absolute Gasteiger partial charge is 0.325 e. The molecule has 0 spiro atoms. The highest BCUT2D eigenvalue weighted by molar-refractivity contribution is 6.33. The Kier molecular flexibility index (Phi) is 5.11. The van der Waals surface area contributed by atoms with Gasteiger partial charge in [0.05, 0.1) is 22.8 Å². The van der Waals surface area contributed by atoms with Crippen molar-refractivity contribution in [2.75, 3.05) is 10.6 Å². The summed E-state index contributed by atoms with van der Waals surface area (Å²) in [5, 5.41) is 10.8. The summed E-state index contributed by atoms with van der Waals surface area (Å²) >= 11 is 6.10. The van der Waals surface area contributed by atoms with Gasteiger partial charge < -0.3 is 10.6 Å². The fourth-order valence-electron chi connectivity index (χ4n) is 3.53. The van der Waals surface area contributed by atoms with E-state index in [0.29, 0.717) is 16.5 Å². The number of rotatable bonds is 5. The van der Waals surface area contributed by atoms with Crippen molar-refractivity contribution < 1.29 is 9.59 Å². The average molecular weight is 409 g/mol. The lowest BCUT2D eigenvalue weighted by Crippen LogP contribution is -2.24. The molecule has 3 aromatic rings. The van der Waals surface area contributed by atoms with E-state index in [2.05, 4.69) is 15.7 Å². The van der Waals surface area contributed by atoms with E-state index >= 15 is 0 Å². The first-order valence-corrected chi connectivity index (χ1v) is 9.89. The lowest BCUT2D eigenvalue weighted by atomic mass is 10.0. The minimum Gasteiger partial charge on any atom is -0.325 e. The molecule has 2 amide bonds. The van der Waals surface area contributed by atoms with Crippen LogP contribution in [0.3, 0.4) is 0 Å². The van der Waals surface area contributed by atoms with Crippen LogP contribution in [0.1, 0.15) is 30.6 Å². The van der Waals surface area contributed by atoms with E-state index in [1.807, 2.05) is 38.1 Å². The minimum absolute atomic E-state index is 0.0256. The van der Waals surface area contributed by atoms with Crippen LogP contribution in [-0.2, 0) is 16.0 Å². The van der Waals surface area contributed by atoms with Gasteiger partial charge in [-0.2, -0.15) is 5.10 Å². The van der Waals surface area contributed by atoms with Crippen LogP contribution in [-0.4, -0.2) is 21.6 Å². The van der Waals surface area contributed by atoms with E-state index in [1.165, 1.54) is 0 Å². The second-order valence-electron chi connectivity index (χ2n) is 7.07. The van der Waals surface area contributed by atoms with Crippen LogP contribution in [0.25, 0.3) is 11.1 Å². The molecule has 0 saturated carbocycles. The molecule has 0 fully saturated rings. The van der Waals surface area contributed by atoms with Gasteiger partial charge in [0.15, 0.2) is 0 Å². The predicted octanol–water partition coefficient (Wildman–Crippen LogP) is 4.60. The Balaban J connectivity index is 1.62. The van der Waals surface area contributed by atoms with E-state index in [4.69, 9.17) is 11.6 Å². The van der Waals surface area contributed by atoms with Crippen molar-refractivity contribution in [2.24, 2.45) is 0 Å². The van der Waals surface area contributed by atoms with Gasteiger partial charge in [-0.1, -0.05) is 60.5 Å². The van der Waals surface area contributed by atoms with Crippen LogP contribution in [0.15, 0.2) is 48.5 Å². The molecule has 0 aliphatic carbocycles. The fourth-order valence-corrected chi connectivity index (χ4v) is 3.71. The minimum atomic E-state index is -0.697. The van der Waals surface area contributed by atoms with E-state index in [-0.39, 0.29) is 18.2 Å². The molecule has 1 aliphatic heterocycles. The Bertz CT molecular complexity index is 1090. The van der Waals surface area contributed by atoms with Crippen LogP contribution in [0.2, 0.25) is 5.02 Å². The summed E-state index contributed by atoms with van der Waals surface area (Å²) in [5.41, 5.74) is 4.48. The lowest BCUT2D eigenvalue weighted by molar-refractivity contribution is -0.123. The lowest BCUT2D eigenvalue weighted by Gasteiger charge is -2.11. The molecule has 1 atom stereocenters. The first-order chi connectivity index (χ1) is 14.0. The second kappa shape index (κ2) is 7.72. The van der Waals surface area contributed by atoms with Crippen molar-refractivity contribution in [1.29, 1.82) is 0 Å². The number of para-hydroxylation sites is 1. The molecule has 2 heterocycles. The zero-order chi connectivity index (χ0) is 20.5. The maximum absolute atomic E-state index is 12.6. The number of benzene rings is 2. The summed E-state index contributed by atoms with van der Waals surface area (Å²) in [6.07, 6.45) is 0.694. The number of nitrogens with one attached hydrogen (secondary N) is 2. The summed E-state index contributed by atoms with van der Waals surface area (Å²) in [4.78, 5) is 25.2. The van der Waals surface area contributed by atoms with Crippen LogP contribution in [0, 0.1) is 6.92 Å². The molecule has 7 heteroatoms. The van der Waals surface area contributed by atoms with Gasteiger partial charge in [0.25, 0.3) is 5.91 Å². The molecular weight excluding hydrogens is 388 g/mol. The average Bonchev–Trinajstić information content (AvgIpc) is 3.20. The highest BCUT2D eigenvalue weighted by atomic mass is 35.5. The van der Waals surface area contributed by atoms with Gasteiger partial charge in [0, 0.05) is 5.56 Å². The zero-order valence-electron chi connectivity index (χ0n) is 16.2. The summed E-state index contributed by atoms with van der Waals surface area (Å²) in [7, 11) is 0. The number of nitrogens with zero attached hydrogens (tertiary/aromatic N) is 2. The number of hydrogen-bond acceptors (Lipinski definition) is 3. The Morgan fingerprint density at radius 2 is 1.93 bits per heavy atom. The number of carbonyl (C=O) groups excluding carboxylic acids is 2. The number of carbonyl (C=O) groups is 2. The van der Waals surface area contributed by atoms with Gasteiger partial charge in [-0.3, -0.25) is 9.59 Å². The van der Waals surface area contributed by atoms with Gasteiger partial charge in [-0.05, 0) is 31.0 Å². The molecule has 6 nitrogen and oxygen atoms in total. The van der Waals surface area contributed by atoms with Crippen molar-refractivity contribution >= 4 is 34.9 Å². The first kappa shape index (κ1) is 19.2. The van der Waals surface area contributed by atoms with E-state index in [9.17, 15) is 9.59 Å². The standard InChI is InChI=1S/C22H21ClN4O2/c1-3-16-20(14-10-8-13(2)9-11-14)21-25-22(29)18(27(21)26-16)12-19(28)24-17-7-5-4-6-15(17)23/h4-11,18H,3,12H2,1-2H3,(H,24,28)(H,25,29). The maximum atomic E-state index is 12.6. The maximum Gasteiger partial charge on any atom is 0.251 e. The highest BCUT2D eigenvalue weighted by Gasteiger charge is 2.36. The third-order valence-electron chi connectivity index (χ3n) is 5.02. The smallest absolute Gasteiger partial charge is 0.251 e. The molecule has 29 heavy (non-hydrogen) atoms. The summed E-state index contributed by atoms with van der Waals surface area (Å²) in [6.45, 7) is 4.05. The molecule has 1 aliphatic rings. The Labute approximate surface area is 173 Å². The molecule has 1 aromatic heterocycles. The Morgan fingerprint density at radius 1 is 1.21 bits per heavy atom. The fraction of sp³-hybridized carbons (Fsp3) is 0.227. The number of aromatic nitrogens is 2. The number of aryl methyl sites for hydroxylation is 2. The Morgan fingerprint density at radius 3 is 2.62 bits per heavy atom. The number of amides is 2. The molecule has 148 valence electrons. The third-order valence-corrected chi connectivity index (χ3v) is 5.35. The number of halogens is 1. The molecule has 2 aromatic carbocycles. The van der Waals surface area contributed by atoms with Crippen molar-refractivity contribution in [2.45, 2.75) is 32.7 Å². The van der Waals surface area contributed by atoms with Crippen LogP contribution < -0.4 is 10.6 Å². The van der Waals surface area contributed by atoms with Crippen LogP contribution >= 0.6 is 11.6 Å². The zero-order valence-corrected chi connectivity index (χ0v) is 17.0. The van der Waals surface area contributed by atoms with E-state index in [1.54, 1.807) is 28.9 Å². The summed E-state index contributed by atoms with van der Waals surface area (Å²) < 4.78 is 1.64. The third kappa shape index (κ3) is 3.63. The van der Waals surface area contributed by atoms with Crippen LogP contribution in [0.5, 0.6) is 0 Å². The quantitative estimate of drug-likeness (QED) is 0.648.